The molecule has 3 heteroatoms. The molecule has 0 bridgehead atoms. The van der Waals surface area contributed by atoms with Gasteiger partial charge in [-0.15, -0.1) is 0 Å². The molecule has 0 aromatic rings. The van der Waals surface area contributed by atoms with E-state index in [2.05, 4.69) is 33.8 Å². The highest BCUT2D eigenvalue weighted by Gasteiger charge is 2.42. The van der Waals surface area contributed by atoms with Gasteiger partial charge >= 0.3 is 0 Å². The van der Waals surface area contributed by atoms with Crippen LogP contribution in [0.3, 0.4) is 0 Å². The van der Waals surface area contributed by atoms with Crippen molar-refractivity contribution < 1.29 is 14.6 Å². The number of rotatable bonds is 8. The minimum atomic E-state index is -1.71. The van der Waals surface area contributed by atoms with E-state index < -0.39 is 5.79 Å². The molecule has 0 saturated carbocycles. The van der Waals surface area contributed by atoms with Crippen LogP contribution in [-0.2, 0) is 9.53 Å². The van der Waals surface area contributed by atoms with E-state index in [1.165, 1.54) is 26.2 Å². The van der Waals surface area contributed by atoms with Crippen LogP contribution < -0.4 is 0 Å². The Morgan fingerprint density at radius 2 is 1.87 bits per heavy atom. The van der Waals surface area contributed by atoms with Gasteiger partial charge in [-0.3, -0.25) is 4.79 Å². The minimum absolute atomic E-state index is 0.338. The van der Waals surface area contributed by atoms with Crippen molar-refractivity contribution in [2.45, 2.75) is 79.9 Å². The van der Waals surface area contributed by atoms with Crippen molar-refractivity contribution in [2.24, 2.45) is 17.8 Å². The van der Waals surface area contributed by atoms with Gasteiger partial charge in [0, 0.05) is 12.5 Å². The SMILES string of the molecule is CCC[C@H](C)C[C@H](C)C[C@H](C)/C=C(/C)C1=C(C)C(=O)[C@](C)(O)O1. The van der Waals surface area contributed by atoms with Crippen molar-refractivity contribution in [3.63, 3.8) is 0 Å². The Balaban J connectivity index is 2.66. The molecule has 0 amide bonds. The summed E-state index contributed by atoms with van der Waals surface area (Å²) in [6, 6.07) is 0. The van der Waals surface area contributed by atoms with Crippen LogP contribution >= 0.6 is 0 Å². The van der Waals surface area contributed by atoms with Gasteiger partial charge in [0.2, 0.25) is 5.78 Å². The van der Waals surface area contributed by atoms with Gasteiger partial charge < -0.3 is 9.84 Å². The molecule has 0 aliphatic carbocycles. The number of Topliss-reactive ketones (excluding diaryl/α,β-unsaturated/α-hetero) is 1. The van der Waals surface area contributed by atoms with Gasteiger partial charge in [-0.2, -0.15) is 0 Å². The average molecular weight is 322 g/mol. The van der Waals surface area contributed by atoms with Crippen LogP contribution in [0.2, 0.25) is 0 Å². The summed E-state index contributed by atoms with van der Waals surface area (Å²) in [4.78, 5) is 11.9. The van der Waals surface area contributed by atoms with Crippen molar-refractivity contribution in [3.8, 4) is 0 Å². The van der Waals surface area contributed by atoms with Gasteiger partial charge in [0.1, 0.15) is 5.76 Å². The summed E-state index contributed by atoms with van der Waals surface area (Å²) in [7, 11) is 0. The van der Waals surface area contributed by atoms with E-state index in [0.717, 1.165) is 17.9 Å². The predicted molar refractivity (Wildman–Crippen MR) is 94.8 cm³/mol. The Morgan fingerprint density at radius 3 is 2.35 bits per heavy atom. The smallest absolute Gasteiger partial charge is 0.269 e. The number of allylic oxidation sites excluding steroid dienone is 2. The maximum atomic E-state index is 11.9. The maximum Gasteiger partial charge on any atom is 0.269 e. The molecular formula is C20H34O3. The molecule has 132 valence electrons. The van der Waals surface area contributed by atoms with Crippen LogP contribution in [0.25, 0.3) is 0 Å². The lowest BCUT2D eigenvalue weighted by Gasteiger charge is -2.20. The molecule has 0 spiro atoms. The molecule has 1 rings (SSSR count). The van der Waals surface area contributed by atoms with Crippen molar-refractivity contribution in [2.75, 3.05) is 0 Å². The number of aliphatic hydroxyl groups is 1. The molecule has 1 aliphatic rings. The third kappa shape index (κ3) is 5.49. The lowest BCUT2D eigenvalue weighted by atomic mass is 9.87. The summed E-state index contributed by atoms with van der Waals surface area (Å²) in [5.74, 6) is 0.376. The van der Waals surface area contributed by atoms with Crippen molar-refractivity contribution in [1.29, 1.82) is 0 Å². The third-order valence-corrected chi connectivity index (χ3v) is 4.66. The molecule has 4 atom stereocenters. The number of hydrogen-bond donors (Lipinski definition) is 1. The second-order valence-electron chi connectivity index (χ2n) is 7.67. The van der Waals surface area contributed by atoms with Crippen molar-refractivity contribution in [1.82, 2.24) is 0 Å². The summed E-state index contributed by atoms with van der Waals surface area (Å²) in [5.41, 5.74) is 1.45. The zero-order valence-electron chi connectivity index (χ0n) is 15.9. The number of carbonyl (C=O) groups is 1. The molecule has 3 nitrogen and oxygen atoms in total. The van der Waals surface area contributed by atoms with E-state index in [4.69, 9.17) is 4.74 Å². The molecule has 0 fully saturated rings. The summed E-state index contributed by atoms with van der Waals surface area (Å²) in [5, 5.41) is 9.94. The summed E-state index contributed by atoms with van der Waals surface area (Å²) in [6.45, 7) is 14.2. The van der Waals surface area contributed by atoms with E-state index in [1.807, 2.05) is 6.92 Å². The fourth-order valence-corrected chi connectivity index (χ4v) is 3.75. The highest BCUT2D eigenvalue weighted by atomic mass is 16.6. The molecule has 0 radical (unpaired) electrons. The van der Waals surface area contributed by atoms with Crippen LogP contribution in [0, 0.1) is 17.8 Å². The topological polar surface area (TPSA) is 46.5 Å². The standard InChI is InChI=1S/C20H34O3/c1-8-9-13(2)10-14(3)11-15(4)12-16(5)18-17(6)19(21)20(7,22)23-18/h12-15,22H,8-11H2,1-7H3/b16-12-/t13-,14-,15-,20+/m0/s1. The van der Waals surface area contributed by atoms with Crippen LogP contribution in [0.5, 0.6) is 0 Å². The summed E-state index contributed by atoms with van der Waals surface area (Å²) >= 11 is 0. The molecular weight excluding hydrogens is 288 g/mol. The summed E-state index contributed by atoms with van der Waals surface area (Å²) in [6.07, 6.45) is 7.10. The van der Waals surface area contributed by atoms with Gasteiger partial charge in [0.15, 0.2) is 0 Å². The van der Waals surface area contributed by atoms with Crippen LogP contribution in [0.4, 0.5) is 0 Å². The molecule has 0 aromatic carbocycles. The number of ether oxygens (including phenoxy) is 1. The monoisotopic (exact) mass is 322 g/mol. The van der Waals surface area contributed by atoms with Gasteiger partial charge in [0.25, 0.3) is 5.79 Å². The van der Waals surface area contributed by atoms with E-state index in [-0.39, 0.29) is 5.78 Å². The number of carbonyl (C=O) groups excluding carboxylic acids is 1. The molecule has 0 saturated heterocycles. The average Bonchev–Trinajstić information content (AvgIpc) is 2.62. The fraction of sp³-hybridized carbons (Fsp3) is 0.750. The first-order valence-electron chi connectivity index (χ1n) is 8.94. The Kier molecular flexibility index (Phi) is 7.06. The first kappa shape index (κ1) is 20.0. The van der Waals surface area contributed by atoms with Crippen LogP contribution in [0.15, 0.2) is 23.0 Å². The Morgan fingerprint density at radius 1 is 1.26 bits per heavy atom. The quantitative estimate of drug-likeness (QED) is 0.684. The van der Waals surface area contributed by atoms with Crippen molar-refractivity contribution >= 4 is 5.78 Å². The lowest BCUT2D eigenvalue weighted by molar-refractivity contribution is -0.169. The highest BCUT2D eigenvalue weighted by molar-refractivity contribution is 6.03. The highest BCUT2D eigenvalue weighted by Crippen LogP contribution is 2.33. The molecule has 0 unspecified atom stereocenters. The van der Waals surface area contributed by atoms with Gasteiger partial charge in [-0.05, 0) is 50.0 Å². The first-order valence-corrected chi connectivity index (χ1v) is 8.94. The van der Waals surface area contributed by atoms with Gasteiger partial charge in [0.05, 0.1) is 0 Å². The van der Waals surface area contributed by atoms with Crippen molar-refractivity contribution in [3.05, 3.63) is 23.0 Å². The second-order valence-corrected chi connectivity index (χ2v) is 7.67. The van der Waals surface area contributed by atoms with E-state index in [9.17, 15) is 9.90 Å². The van der Waals surface area contributed by atoms with E-state index in [1.54, 1.807) is 6.92 Å². The summed E-state index contributed by atoms with van der Waals surface area (Å²) < 4.78 is 5.45. The molecule has 1 heterocycles. The minimum Gasteiger partial charge on any atom is -0.454 e. The Hall–Kier alpha value is -1.09. The predicted octanol–water partition coefficient (Wildman–Crippen LogP) is 5.00. The molecule has 23 heavy (non-hydrogen) atoms. The van der Waals surface area contributed by atoms with Gasteiger partial charge in [-0.1, -0.05) is 46.6 Å². The molecule has 1 aliphatic heterocycles. The Bertz CT molecular complexity index is 485. The van der Waals surface area contributed by atoms with E-state index in [0.29, 0.717) is 23.2 Å². The van der Waals surface area contributed by atoms with E-state index >= 15 is 0 Å². The third-order valence-electron chi connectivity index (χ3n) is 4.66. The molecule has 1 N–H and O–H groups in total. The van der Waals surface area contributed by atoms with Crippen LogP contribution in [-0.4, -0.2) is 16.7 Å². The number of ketones is 1. The maximum absolute atomic E-state index is 11.9. The van der Waals surface area contributed by atoms with Gasteiger partial charge in [-0.25, -0.2) is 0 Å². The zero-order chi connectivity index (χ0) is 17.8. The Labute approximate surface area is 141 Å². The fourth-order valence-electron chi connectivity index (χ4n) is 3.75. The van der Waals surface area contributed by atoms with Crippen LogP contribution in [0.1, 0.15) is 74.1 Å². The molecule has 0 aromatic heterocycles. The lowest BCUT2D eigenvalue weighted by Crippen LogP contribution is -2.32. The largest absolute Gasteiger partial charge is 0.454 e. The normalized spacial score (nSPS) is 26.3. The first-order chi connectivity index (χ1) is 10.6. The second kappa shape index (κ2) is 8.14. The zero-order valence-corrected chi connectivity index (χ0v) is 15.9. The number of hydrogen-bond acceptors (Lipinski definition) is 3.